The predicted octanol–water partition coefficient (Wildman–Crippen LogP) is 3.28. The fraction of sp³-hybridized carbons (Fsp3) is 0.222. The number of nitrogens with zero attached hydrogens (tertiary/aromatic N) is 1. The van der Waals surface area contributed by atoms with Gasteiger partial charge in [0.05, 0.1) is 5.69 Å². The van der Waals surface area contributed by atoms with Crippen molar-refractivity contribution < 1.29 is 9.90 Å². The van der Waals surface area contributed by atoms with E-state index in [0.29, 0.717) is 12.1 Å². The van der Waals surface area contributed by atoms with Crippen molar-refractivity contribution in [1.82, 2.24) is 9.55 Å². The summed E-state index contributed by atoms with van der Waals surface area (Å²) in [5.74, 6) is -1.21. The molecule has 0 aliphatic heterocycles. The van der Waals surface area contributed by atoms with Crippen LogP contribution < -0.4 is 5.56 Å². The second kappa shape index (κ2) is 5.76. The topological polar surface area (TPSA) is 75.1 Å². The van der Waals surface area contributed by atoms with Gasteiger partial charge < -0.3 is 14.7 Å². The number of carbonyl (C=O) groups is 1. The van der Waals surface area contributed by atoms with E-state index in [1.54, 1.807) is 0 Å². The first-order valence-electron chi connectivity index (χ1n) is 7.64. The van der Waals surface area contributed by atoms with Crippen molar-refractivity contribution in [3.8, 4) is 11.3 Å². The fourth-order valence-electron chi connectivity index (χ4n) is 2.90. The summed E-state index contributed by atoms with van der Waals surface area (Å²) in [6.45, 7) is 4.92. The molecule has 0 unspecified atom stereocenters. The lowest BCUT2D eigenvalue weighted by Crippen LogP contribution is -2.19. The zero-order valence-corrected chi connectivity index (χ0v) is 13.1. The van der Waals surface area contributed by atoms with Gasteiger partial charge in [-0.25, -0.2) is 4.79 Å². The zero-order chi connectivity index (χ0) is 16.6. The lowest BCUT2D eigenvalue weighted by atomic mass is 10.0. The summed E-state index contributed by atoms with van der Waals surface area (Å²) in [6.07, 6.45) is 2.67. The van der Waals surface area contributed by atoms with Crippen LogP contribution in [0, 0.1) is 0 Å². The predicted molar refractivity (Wildman–Crippen MR) is 90.0 cm³/mol. The van der Waals surface area contributed by atoms with Crippen molar-refractivity contribution in [3.05, 3.63) is 58.0 Å². The number of aromatic carboxylic acids is 1. The van der Waals surface area contributed by atoms with Gasteiger partial charge in [0.1, 0.15) is 5.56 Å². The highest BCUT2D eigenvalue weighted by Gasteiger charge is 2.14. The van der Waals surface area contributed by atoms with Crippen molar-refractivity contribution in [2.45, 2.75) is 26.8 Å². The number of aromatic nitrogens is 2. The van der Waals surface area contributed by atoms with Gasteiger partial charge in [-0.05, 0) is 48.7 Å². The van der Waals surface area contributed by atoms with E-state index in [2.05, 4.69) is 16.5 Å². The molecule has 0 fully saturated rings. The Labute approximate surface area is 133 Å². The smallest absolute Gasteiger partial charge is 0.341 e. The summed E-state index contributed by atoms with van der Waals surface area (Å²) in [7, 11) is 0. The Bertz CT molecular complexity index is 951. The van der Waals surface area contributed by atoms with Crippen molar-refractivity contribution in [2.75, 3.05) is 0 Å². The molecule has 0 bridgehead atoms. The van der Waals surface area contributed by atoms with Crippen molar-refractivity contribution >= 4 is 16.9 Å². The molecule has 2 N–H and O–H groups in total. The average Bonchev–Trinajstić information content (AvgIpc) is 2.96. The first-order chi connectivity index (χ1) is 11.0. The molecule has 0 spiro atoms. The SMILES string of the molecule is CCc1cc(C(=O)O)c(=O)[nH]c1-c1ccc2c(ccn2CC)c1. The number of benzene rings is 1. The molecule has 1 aromatic carbocycles. The summed E-state index contributed by atoms with van der Waals surface area (Å²) < 4.78 is 2.15. The number of nitrogens with one attached hydrogen (secondary N) is 1. The number of hydrogen-bond donors (Lipinski definition) is 2. The molecule has 118 valence electrons. The van der Waals surface area contributed by atoms with E-state index in [9.17, 15) is 9.59 Å². The number of H-pyrrole nitrogens is 1. The highest BCUT2D eigenvalue weighted by Crippen LogP contribution is 2.26. The minimum absolute atomic E-state index is 0.219. The lowest BCUT2D eigenvalue weighted by Gasteiger charge is -2.10. The Morgan fingerprint density at radius 1 is 1.22 bits per heavy atom. The maximum Gasteiger partial charge on any atom is 0.341 e. The normalized spacial score (nSPS) is 11.0. The number of aromatic amines is 1. The molecule has 2 aromatic heterocycles. The molecule has 3 aromatic rings. The van der Waals surface area contributed by atoms with Gasteiger partial charge in [0.15, 0.2) is 0 Å². The van der Waals surface area contributed by atoms with E-state index >= 15 is 0 Å². The monoisotopic (exact) mass is 310 g/mol. The number of rotatable bonds is 4. The van der Waals surface area contributed by atoms with Crippen LogP contribution in [0.2, 0.25) is 0 Å². The molecular weight excluding hydrogens is 292 g/mol. The van der Waals surface area contributed by atoms with Gasteiger partial charge in [-0.2, -0.15) is 0 Å². The second-order valence-corrected chi connectivity index (χ2v) is 5.45. The molecular formula is C18H18N2O3. The fourth-order valence-corrected chi connectivity index (χ4v) is 2.90. The van der Waals surface area contributed by atoms with Crippen molar-refractivity contribution in [1.29, 1.82) is 0 Å². The zero-order valence-electron chi connectivity index (χ0n) is 13.1. The van der Waals surface area contributed by atoms with Crippen LogP contribution in [0.3, 0.4) is 0 Å². The number of carboxylic acids is 1. The number of carboxylic acid groups (broad SMARTS) is 1. The third kappa shape index (κ3) is 2.54. The molecule has 0 aliphatic rings. The van der Waals surface area contributed by atoms with Crippen molar-refractivity contribution in [2.24, 2.45) is 0 Å². The highest BCUT2D eigenvalue weighted by molar-refractivity contribution is 5.89. The lowest BCUT2D eigenvalue weighted by molar-refractivity contribution is 0.0695. The summed E-state index contributed by atoms with van der Waals surface area (Å²) in [6, 6.07) is 9.51. The molecule has 5 nitrogen and oxygen atoms in total. The van der Waals surface area contributed by atoms with Crippen LogP contribution in [-0.4, -0.2) is 20.6 Å². The van der Waals surface area contributed by atoms with Crippen LogP contribution >= 0.6 is 0 Å². The van der Waals surface area contributed by atoms with Crippen LogP contribution in [0.25, 0.3) is 22.2 Å². The van der Waals surface area contributed by atoms with Crippen molar-refractivity contribution in [3.63, 3.8) is 0 Å². The number of fused-ring (bicyclic) bond motifs is 1. The standard InChI is InChI=1S/C18H18N2O3/c1-3-11-10-14(18(22)23)17(21)19-16(11)13-5-6-15-12(9-13)7-8-20(15)4-2/h5-10H,3-4H2,1-2H3,(H,19,21)(H,22,23). The quantitative estimate of drug-likeness (QED) is 0.776. The molecule has 3 rings (SSSR count). The minimum Gasteiger partial charge on any atom is -0.477 e. The van der Waals surface area contributed by atoms with Crippen LogP contribution in [0.1, 0.15) is 29.8 Å². The molecule has 0 saturated heterocycles. The summed E-state index contributed by atoms with van der Waals surface area (Å²) in [5.41, 5.74) is 2.74. The third-order valence-corrected chi connectivity index (χ3v) is 4.13. The molecule has 0 radical (unpaired) electrons. The number of aryl methyl sites for hydroxylation is 2. The summed E-state index contributed by atoms with van der Waals surface area (Å²) in [5, 5.41) is 10.2. The Balaban J connectivity index is 2.19. The van der Waals surface area contributed by atoms with Crippen LogP contribution in [0.4, 0.5) is 0 Å². The molecule has 0 atom stereocenters. The van der Waals surface area contributed by atoms with Gasteiger partial charge in [0.2, 0.25) is 0 Å². The molecule has 0 saturated carbocycles. The molecule has 0 amide bonds. The first-order valence-corrected chi connectivity index (χ1v) is 7.64. The van der Waals surface area contributed by atoms with Gasteiger partial charge in [0.25, 0.3) is 5.56 Å². The van der Waals surface area contributed by atoms with Crippen LogP contribution in [0.15, 0.2) is 41.3 Å². The number of hydrogen-bond acceptors (Lipinski definition) is 2. The minimum atomic E-state index is -1.21. The van der Waals surface area contributed by atoms with Gasteiger partial charge >= 0.3 is 5.97 Å². The summed E-state index contributed by atoms with van der Waals surface area (Å²) >= 11 is 0. The van der Waals surface area contributed by atoms with Crippen LogP contribution in [-0.2, 0) is 13.0 Å². The van der Waals surface area contributed by atoms with E-state index < -0.39 is 11.5 Å². The Hall–Kier alpha value is -2.82. The maximum absolute atomic E-state index is 12.0. The summed E-state index contributed by atoms with van der Waals surface area (Å²) in [4.78, 5) is 25.9. The Kier molecular flexibility index (Phi) is 3.78. The largest absolute Gasteiger partial charge is 0.477 e. The van der Waals surface area contributed by atoms with Crippen LogP contribution in [0.5, 0.6) is 0 Å². The van der Waals surface area contributed by atoms with Gasteiger partial charge in [0, 0.05) is 23.6 Å². The van der Waals surface area contributed by atoms with E-state index in [1.807, 2.05) is 37.4 Å². The van der Waals surface area contributed by atoms with Gasteiger partial charge in [-0.15, -0.1) is 0 Å². The van der Waals surface area contributed by atoms with E-state index in [0.717, 1.165) is 28.6 Å². The average molecular weight is 310 g/mol. The van der Waals surface area contributed by atoms with E-state index in [-0.39, 0.29) is 5.56 Å². The van der Waals surface area contributed by atoms with E-state index in [4.69, 9.17) is 5.11 Å². The highest BCUT2D eigenvalue weighted by atomic mass is 16.4. The molecule has 0 aliphatic carbocycles. The number of pyridine rings is 1. The Morgan fingerprint density at radius 3 is 2.65 bits per heavy atom. The van der Waals surface area contributed by atoms with Gasteiger partial charge in [-0.3, -0.25) is 4.79 Å². The maximum atomic E-state index is 12.0. The molecule has 5 heteroatoms. The molecule has 23 heavy (non-hydrogen) atoms. The Morgan fingerprint density at radius 2 is 2.00 bits per heavy atom. The first kappa shape index (κ1) is 15.1. The van der Waals surface area contributed by atoms with E-state index in [1.165, 1.54) is 6.07 Å². The third-order valence-electron chi connectivity index (χ3n) is 4.13. The second-order valence-electron chi connectivity index (χ2n) is 5.45. The molecule has 2 heterocycles. The van der Waals surface area contributed by atoms with Gasteiger partial charge in [-0.1, -0.05) is 13.0 Å².